The van der Waals surface area contributed by atoms with Crippen molar-refractivity contribution in [2.24, 2.45) is 0 Å². The first kappa shape index (κ1) is 22.2. The maximum atomic E-state index is 12.8. The van der Waals surface area contributed by atoms with Crippen molar-refractivity contribution >= 4 is 22.0 Å². The average molecular weight is 417 g/mol. The summed E-state index contributed by atoms with van der Waals surface area (Å²) in [5.74, 6) is -1.19. The second-order valence-corrected chi connectivity index (χ2v) is 8.45. The maximum Gasteiger partial charge on any atom is 0.327 e. The van der Waals surface area contributed by atoms with E-state index in [1.165, 1.54) is 18.0 Å². The second kappa shape index (κ2) is 9.94. The number of sulfonamides is 1. The number of carbonyl (C=O) groups is 2. The molecule has 0 aliphatic carbocycles. The van der Waals surface area contributed by atoms with E-state index in [2.05, 4.69) is 10.3 Å². The highest BCUT2D eigenvalue weighted by molar-refractivity contribution is 7.89. The summed E-state index contributed by atoms with van der Waals surface area (Å²) in [5, 5.41) is 7.76. The maximum absolute atomic E-state index is 12.8. The largest absolute Gasteiger partial charge is 0.468 e. The molecule has 1 saturated heterocycles. The molecule has 158 valence electrons. The third kappa shape index (κ3) is 5.72. The van der Waals surface area contributed by atoms with E-state index < -0.39 is 28.0 Å². The fraction of sp³-hybridized carbons (Fsp3) is 0.750. The Morgan fingerprint density at radius 3 is 2.71 bits per heavy atom. The van der Waals surface area contributed by atoms with Gasteiger partial charge in [-0.1, -0.05) is 12.1 Å². The van der Waals surface area contributed by atoms with Crippen LogP contribution in [0.25, 0.3) is 0 Å². The fourth-order valence-corrected chi connectivity index (χ4v) is 4.62. The van der Waals surface area contributed by atoms with Crippen molar-refractivity contribution in [3.05, 3.63) is 11.9 Å². The SMILES string of the molecule is CCCN1CCS(=O)(=O)N(Cc2cn(CC(=O)OCC)nn2)C(C(=O)OC)C1. The lowest BCUT2D eigenvalue weighted by atomic mass is 10.2. The van der Waals surface area contributed by atoms with Crippen LogP contribution in [-0.2, 0) is 42.2 Å². The summed E-state index contributed by atoms with van der Waals surface area (Å²) in [6.45, 7) is 4.96. The van der Waals surface area contributed by atoms with Gasteiger partial charge in [-0.15, -0.1) is 5.10 Å². The minimum atomic E-state index is -3.71. The molecular formula is C16H27N5O6S. The van der Waals surface area contributed by atoms with Crippen molar-refractivity contribution in [3.8, 4) is 0 Å². The highest BCUT2D eigenvalue weighted by Crippen LogP contribution is 2.19. The van der Waals surface area contributed by atoms with Crippen molar-refractivity contribution in [2.75, 3.05) is 39.1 Å². The summed E-state index contributed by atoms with van der Waals surface area (Å²) in [4.78, 5) is 25.8. The molecule has 0 bridgehead atoms. The Morgan fingerprint density at radius 2 is 2.07 bits per heavy atom. The molecule has 0 aromatic carbocycles. The van der Waals surface area contributed by atoms with Gasteiger partial charge in [0.15, 0.2) is 0 Å². The molecule has 1 unspecified atom stereocenters. The van der Waals surface area contributed by atoms with Gasteiger partial charge >= 0.3 is 11.9 Å². The summed E-state index contributed by atoms with van der Waals surface area (Å²) in [5.41, 5.74) is 0.325. The van der Waals surface area contributed by atoms with Gasteiger partial charge in [0.1, 0.15) is 12.6 Å². The summed E-state index contributed by atoms with van der Waals surface area (Å²) in [7, 11) is -2.48. The molecule has 0 amide bonds. The van der Waals surface area contributed by atoms with Crippen molar-refractivity contribution in [2.45, 2.75) is 39.4 Å². The molecule has 11 nitrogen and oxygen atoms in total. The predicted molar refractivity (Wildman–Crippen MR) is 98.5 cm³/mol. The number of carbonyl (C=O) groups excluding carboxylic acids is 2. The van der Waals surface area contributed by atoms with E-state index >= 15 is 0 Å². The third-order valence-electron chi connectivity index (χ3n) is 4.31. The highest BCUT2D eigenvalue weighted by Gasteiger charge is 2.40. The molecule has 0 N–H and O–H groups in total. The summed E-state index contributed by atoms with van der Waals surface area (Å²) in [6.07, 6.45) is 2.31. The zero-order valence-corrected chi connectivity index (χ0v) is 17.2. The van der Waals surface area contributed by atoms with Crippen molar-refractivity contribution in [1.82, 2.24) is 24.2 Å². The number of hydrogen-bond acceptors (Lipinski definition) is 9. The van der Waals surface area contributed by atoms with Gasteiger partial charge in [0.25, 0.3) is 0 Å². The van der Waals surface area contributed by atoms with E-state index in [1.807, 2.05) is 11.8 Å². The molecule has 1 aliphatic rings. The number of esters is 2. The van der Waals surface area contributed by atoms with E-state index in [0.29, 0.717) is 18.8 Å². The topological polar surface area (TPSA) is 124 Å². The molecule has 2 heterocycles. The molecule has 0 radical (unpaired) electrons. The van der Waals surface area contributed by atoms with Gasteiger partial charge in [0, 0.05) is 13.1 Å². The molecule has 28 heavy (non-hydrogen) atoms. The average Bonchev–Trinajstić information content (AvgIpc) is 3.03. The van der Waals surface area contributed by atoms with Crippen LogP contribution >= 0.6 is 0 Å². The lowest BCUT2D eigenvalue weighted by Gasteiger charge is -2.27. The Labute approximate surface area is 164 Å². The van der Waals surface area contributed by atoms with Gasteiger partial charge in [-0.3, -0.25) is 9.59 Å². The van der Waals surface area contributed by atoms with Crippen LogP contribution in [0, 0.1) is 0 Å². The quantitative estimate of drug-likeness (QED) is 0.502. The van der Waals surface area contributed by atoms with Crippen LogP contribution in [0.3, 0.4) is 0 Å². The zero-order valence-electron chi connectivity index (χ0n) is 16.4. The van der Waals surface area contributed by atoms with Gasteiger partial charge in [0.2, 0.25) is 10.0 Å². The van der Waals surface area contributed by atoms with Crippen LogP contribution in [0.1, 0.15) is 26.0 Å². The van der Waals surface area contributed by atoms with E-state index in [0.717, 1.165) is 10.7 Å². The van der Waals surface area contributed by atoms with Crippen LogP contribution < -0.4 is 0 Å². The zero-order chi connectivity index (χ0) is 20.7. The van der Waals surface area contributed by atoms with E-state index in [4.69, 9.17) is 9.47 Å². The Bertz CT molecular complexity index is 780. The Hall–Kier alpha value is -2.05. The van der Waals surface area contributed by atoms with Crippen LogP contribution in [-0.4, -0.2) is 89.7 Å². The highest BCUT2D eigenvalue weighted by atomic mass is 32.2. The summed E-state index contributed by atoms with van der Waals surface area (Å²) >= 11 is 0. The molecule has 12 heteroatoms. The predicted octanol–water partition coefficient (Wildman–Crippen LogP) is -0.760. The van der Waals surface area contributed by atoms with Gasteiger partial charge < -0.3 is 14.4 Å². The summed E-state index contributed by atoms with van der Waals surface area (Å²) < 4.78 is 37.7. The standard InChI is InChI=1S/C16H27N5O6S/c1-4-6-19-7-8-28(24,25)21(14(11-19)16(23)26-3)10-13-9-20(18-17-13)12-15(22)27-5-2/h9,14H,4-8,10-12H2,1-3H3. The van der Waals surface area contributed by atoms with Crippen LogP contribution in [0.5, 0.6) is 0 Å². The first-order valence-corrected chi connectivity index (χ1v) is 10.8. The number of nitrogens with zero attached hydrogens (tertiary/aromatic N) is 5. The molecule has 1 aromatic heterocycles. The molecule has 1 atom stereocenters. The normalized spacial score (nSPS) is 20.5. The van der Waals surface area contributed by atoms with Crippen LogP contribution in [0.2, 0.25) is 0 Å². The van der Waals surface area contributed by atoms with Crippen LogP contribution in [0.4, 0.5) is 0 Å². The van der Waals surface area contributed by atoms with Gasteiger partial charge in [0.05, 0.1) is 37.9 Å². The second-order valence-electron chi connectivity index (χ2n) is 6.41. The number of ether oxygens (including phenoxy) is 2. The Morgan fingerprint density at radius 1 is 1.32 bits per heavy atom. The molecule has 1 fully saturated rings. The number of rotatable bonds is 8. The molecule has 1 aliphatic heterocycles. The van der Waals surface area contributed by atoms with Crippen molar-refractivity contribution in [3.63, 3.8) is 0 Å². The molecular weight excluding hydrogens is 390 g/mol. The summed E-state index contributed by atoms with van der Waals surface area (Å²) in [6, 6.07) is -0.973. The molecule has 1 aromatic rings. The Kier molecular flexibility index (Phi) is 7.89. The van der Waals surface area contributed by atoms with Gasteiger partial charge in [-0.2, -0.15) is 4.31 Å². The van der Waals surface area contributed by atoms with E-state index in [1.54, 1.807) is 6.92 Å². The fourth-order valence-electron chi connectivity index (χ4n) is 3.03. The number of aromatic nitrogens is 3. The molecule has 0 spiro atoms. The number of methoxy groups -OCH3 is 1. The monoisotopic (exact) mass is 417 g/mol. The van der Waals surface area contributed by atoms with Crippen molar-refractivity contribution < 1.29 is 27.5 Å². The third-order valence-corrected chi connectivity index (χ3v) is 6.11. The van der Waals surface area contributed by atoms with Crippen LogP contribution in [0.15, 0.2) is 6.20 Å². The first-order valence-electron chi connectivity index (χ1n) is 9.15. The van der Waals surface area contributed by atoms with E-state index in [9.17, 15) is 18.0 Å². The lowest BCUT2D eigenvalue weighted by molar-refractivity contribution is -0.146. The molecule has 0 saturated carbocycles. The minimum Gasteiger partial charge on any atom is -0.468 e. The minimum absolute atomic E-state index is 0.0997. The first-order chi connectivity index (χ1) is 13.3. The Balaban J connectivity index is 2.22. The van der Waals surface area contributed by atoms with Crippen molar-refractivity contribution in [1.29, 1.82) is 0 Å². The van der Waals surface area contributed by atoms with E-state index in [-0.39, 0.29) is 32.0 Å². The van der Waals surface area contributed by atoms with Gasteiger partial charge in [-0.25, -0.2) is 13.1 Å². The smallest absolute Gasteiger partial charge is 0.327 e. The lowest BCUT2D eigenvalue weighted by Crippen LogP contribution is -2.48. The van der Waals surface area contributed by atoms with Gasteiger partial charge in [-0.05, 0) is 19.9 Å². The molecule has 2 rings (SSSR count). The number of hydrogen-bond donors (Lipinski definition) is 0.